The third kappa shape index (κ3) is 5.13. The van der Waals surface area contributed by atoms with Gasteiger partial charge in [-0.3, -0.25) is 4.79 Å². The molecule has 0 rings (SSSR count). The Bertz CT molecular complexity index is 255. The molecule has 3 N–H and O–H groups in total. The van der Waals surface area contributed by atoms with E-state index < -0.39 is 5.41 Å². The minimum atomic E-state index is -0.481. The molecule has 92 valence electrons. The van der Waals surface area contributed by atoms with E-state index in [9.17, 15) is 4.79 Å². The van der Waals surface area contributed by atoms with Crippen LogP contribution in [0.2, 0.25) is 0 Å². The summed E-state index contributed by atoms with van der Waals surface area (Å²) < 4.78 is 0. The lowest BCUT2D eigenvalue weighted by Gasteiger charge is -2.25. The molecule has 0 aliphatic rings. The summed E-state index contributed by atoms with van der Waals surface area (Å²) in [7, 11) is 0. The highest BCUT2D eigenvalue weighted by atomic mass is 16.2. The number of nitrogens with zero attached hydrogens (tertiary/aromatic N) is 1. The van der Waals surface area contributed by atoms with Gasteiger partial charge >= 0.3 is 0 Å². The fourth-order valence-electron chi connectivity index (χ4n) is 1.53. The molecule has 0 aliphatic heterocycles. The maximum Gasteiger partial charge on any atom is 0.225 e. The average molecular weight is 225 g/mol. The standard InChI is InChI=1S/C12H23N3O/c1-4-10(9-14)8-12(2,3)11(16)15-7-5-6-13/h10H,4-8,13H2,1-3H3,(H,15,16). The summed E-state index contributed by atoms with van der Waals surface area (Å²) in [4.78, 5) is 11.8. The van der Waals surface area contributed by atoms with Crippen LogP contribution in [-0.4, -0.2) is 19.0 Å². The van der Waals surface area contributed by atoms with Crippen molar-refractivity contribution < 1.29 is 4.79 Å². The molecule has 0 radical (unpaired) electrons. The van der Waals surface area contributed by atoms with Gasteiger partial charge < -0.3 is 11.1 Å². The molecule has 1 amide bonds. The molecule has 4 heteroatoms. The maximum absolute atomic E-state index is 11.8. The summed E-state index contributed by atoms with van der Waals surface area (Å²) in [5.74, 6) is -0.0371. The van der Waals surface area contributed by atoms with E-state index in [-0.39, 0.29) is 11.8 Å². The van der Waals surface area contributed by atoms with Gasteiger partial charge in [-0.15, -0.1) is 0 Å². The minimum absolute atomic E-state index is 0.00894. The summed E-state index contributed by atoms with van der Waals surface area (Å²) in [6.07, 6.45) is 2.18. The molecular formula is C12H23N3O. The number of rotatable bonds is 7. The molecule has 0 aliphatic carbocycles. The van der Waals surface area contributed by atoms with Crippen LogP contribution in [0.3, 0.4) is 0 Å². The number of amides is 1. The van der Waals surface area contributed by atoms with E-state index in [2.05, 4.69) is 11.4 Å². The molecule has 1 unspecified atom stereocenters. The molecule has 0 spiro atoms. The molecule has 16 heavy (non-hydrogen) atoms. The summed E-state index contributed by atoms with van der Waals surface area (Å²) in [5, 5.41) is 11.7. The van der Waals surface area contributed by atoms with Gasteiger partial charge in [-0.2, -0.15) is 5.26 Å². The normalized spacial score (nSPS) is 12.9. The van der Waals surface area contributed by atoms with Crippen LogP contribution in [0.5, 0.6) is 0 Å². The zero-order valence-electron chi connectivity index (χ0n) is 10.5. The zero-order valence-corrected chi connectivity index (χ0v) is 10.5. The predicted octanol–water partition coefficient (Wildman–Crippen LogP) is 1.42. The lowest BCUT2D eigenvalue weighted by atomic mass is 9.81. The number of nitrogens with one attached hydrogen (secondary N) is 1. The molecule has 0 bridgehead atoms. The zero-order chi connectivity index (χ0) is 12.6. The van der Waals surface area contributed by atoms with Gasteiger partial charge in [0.1, 0.15) is 0 Å². The van der Waals surface area contributed by atoms with Crippen molar-refractivity contribution in [2.24, 2.45) is 17.1 Å². The van der Waals surface area contributed by atoms with Crippen molar-refractivity contribution in [3.63, 3.8) is 0 Å². The number of carbonyl (C=O) groups excluding carboxylic acids is 1. The molecule has 0 saturated carbocycles. The molecule has 0 aromatic heterocycles. The van der Waals surface area contributed by atoms with E-state index in [0.29, 0.717) is 19.5 Å². The summed E-state index contributed by atoms with van der Waals surface area (Å²) in [5.41, 5.74) is 4.87. The second-order valence-electron chi connectivity index (χ2n) is 4.72. The predicted molar refractivity (Wildman–Crippen MR) is 64.5 cm³/mol. The molecule has 0 aromatic carbocycles. The monoisotopic (exact) mass is 225 g/mol. The number of hydrogen-bond donors (Lipinski definition) is 2. The Hall–Kier alpha value is -1.08. The van der Waals surface area contributed by atoms with Crippen LogP contribution in [0.15, 0.2) is 0 Å². The fraction of sp³-hybridized carbons (Fsp3) is 0.833. The van der Waals surface area contributed by atoms with E-state index in [1.807, 2.05) is 20.8 Å². The Morgan fingerprint density at radius 1 is 1.56 bits per heavy atom. The highest BCUT2D eigenvalue weighted by Crippen LogP contribution is 2.26. The van der Waals surface area contributed by atoms with Crippen molar-refractivity contribution in [3.8, 4) is 6.07 Å². The van der Waals surface area contributed by atoms with Crippen molar-refractivity contribution in [2.75, 3.05) is 13.1 Å². The van der Waals surface area contributed by atoms with Gasteiger partial charge in [0.15, 0.2) is 0 Å². The topological polar surface area (TPSA) is 78.9 Å². The fourth-order valence-corrected chi connectivity index (χ4v) is 1.53. The molecule has 1 atom stereocenters. The van der Waals surface area contributed by atoms with Crippen molar-refractivity contribution >= 4 is 5.91 Å². The van der Waals surface area contributed by atoms with Crippen LogP contribution in [0.25, 0.3) is 0 Å². The molecule has 4 nitrogen and oxygen atoms in total. The van der Waals surface area contributed by atoms with Crippen molar-refractivity contribution in [1.82, 2.24) is 5.32 Å². The molecule has 0 fully saturated rings. The highest BCUT2D eigenvalue weighted by Gasteiger charge is 2.29. The van der Waals surface area contributed by atoms with Crippen molar-refractivity contribution in [3.05, 3.63) is 0 Å². The summed E-state index contributed by atoms with van der Waals surface area (Å²) in [6, 6.07) is 2.23. The first-order chi connectivity index (χ1) is 7.47. The Labute approximate surface area is 98.2 Å². The number of hydrogen-bond acceptors (Lipinski definition) is 3. The number of carbonyl (C=O) groups is 1. The van der Waals surface area contributed by atoms with E-state index in [0.717, 1.165) is 12.8 Å². The van der Waals surface area contributed by atoms with Crippen LogP contribution in [0.4, 0.5) is 0 Å². The molecule has 0 saturated heterocycles. The van der Waals surface area contributed by atoms with Gasteiger partial charge in [0.25, 0.3) is 0 Å². The average Bonchev–Trinajstić information content (AvgIpc) is 2.26. The SMILES string of the molecule is CCC(C#N)CC(C)(C)C(=O)NCCCN. The van der Waals surface area contributed by atoms with Crippen LogP contribution >= 0.6 is 0 Å². The quantitative estimate of drug-likeness (QED) is 0.643. The van der Waals surface area contributed by atoms with Gasteiger partial charge in [0, 0.05) is 17.9 Å². The van der Waals surface area contributed by atoms with E-state index in [4.69, 9.17) is 11.0 Å². The second-order valence-corrected chi connectivity index (χ2v) is 4.72. The lowest BCUT2D eigenvalue weighted by molar-refractivity contribution is -0.130. The minimum Gasteiger partial charge on any atom is -0.356 e. The van der Waals surface area contributed by atoms with Gasteiger partial charge in [-0.05, 0) is 25.8 Å². The van der Waals surface area contributed by atoms with E-state index in [1.54, 1.807) is 0 Å². The Balaban J connectivity index is 4.20. The van der Waals surface area contributed by atoms with Crippen LogP contribution in [0, 0.1) is 22.7 Å². The van der Waals surface area contributed by atoms with Crippen LogP contribution < -0.4 is 11.1 Å². The summed E-state index contributed by atoms with van der Waals surface area (Å²) >= 11 is 0. The highest BCUT2D eigenvalue weighted by molar-refractivity contribution is 5.81. The van der Waals surface area contributed by atoms with Crippen LogP contribution in [0.1, 0.15) is 40.0 Å². The first kappa shape index (κ1) is 14.9. The summed E-state index contributed by atoms with van der Waals surface area (Å²) in [6.45, 7) is 6.92. The Morgan fingerprint density at radius 3 is 2.62 bits per heavy atom. The second kappa shape index (κ2) is 7.24. The third-order valence-electron chi connectivity index (χ3n) is 2.71. The van der Waals surface area contributed by atoms with E-state index in [1.165, 1.54) is 0 Å². The van der Waals surface area contributed by atoms with Gasteiger partial charge in [0.2, 0.25) is 5.91 Å². The maximum atomic E-state index is 11.8. The largest absolute Gasteiger partial charge is 0.356 e. The Morgan fingerprint density at radius 2 is 2.19 bits per heavy atom. The first-order valence-electron chi connectivity index (χ1n) is 5.86. The molecule has 0 heterocycles. The van der Waals surface area contributed by atoms with Crippen molar-refractivity contribution in [2.45, 2.75) is 40.0 Å². The van der Waals surface area contributed by atoms with Gasteiger partial charge in [-0.1, -0.05) is 20.8 Å². The number of nitriles is 1. The molecule has 0 aromatic rings. The van der Waals surface area contributed by atoms with Crippen LogP contribution in [-0.2, 0) is 4.79 Å². The number of nitrogens with two attached hydrogens (primary N) is 1. The molecular weight excluding hydrogens is 202 g/mol. The Kier molecular flexibility index (Phi) is 6.75. The van der Waals surface area contributed by atoms with Gasteiger partial charge in [-0.25, -0.2) is 0 Å². The van der Waals surface area contributed by atoms with Gasteiger partial charge in [0.05, 0.1) is 6.07 Å². The lowest BCUT2D eigenvalue weighted by Crippen LogP contribution is -2.39. The van der Waals surface area contributed by atoms with Crippen molar-refractivity contribution in [1.29, 1.82) is 5.26 Å². The first-order valence-corrected chi connectivity index (χ1v) is 5.86. The third-order valence-corrected chi connectivity index (χ3v) is 2.71. The van der Waals surface area contributed by atoms with E-state index >= 15 is 0 Å². The smallest absolute Gasteiger partial charge is 0.225 e.